The average Bonchev–Trinajstić information content (AvgIpc) is 2.40. The summed E-state index contributed by atoms with van der Waals surface area (Å²) in [5.74, 6) is 0.752. The molecular weight excluding hydrogens is 233 g/mol. The Kier molecular flexibility index (Phi) is 3.97. The zero-order valence-electron chi connectivity index (χ0n) is 10.3. The normalized spacial score (nSPS) is 15.0. The third-order valence-corrected chi connectivity index (χ3v) is 3.04. The zero-order chi connectivity index (χ0) is 13.0. The van der Waals surface area contributed by atoms with Gasteiger partial charge in [-0.15, -0.1) is 0 Å². The van der Waals surface area contributed by atoms with Crippen LogP contribution in [0.3, 0.4) is 0 Å². The van der Waals surface area contributed by atoms with Gasteiger partial charge in [-0.25, -0.2) is 4.39 Å². The van der Waals surface area contributed by atoms with Gasteiger partial charge >= 0.3 is 0 Å². The van der Waals surface area contributed by atoms with Gasteiger partial charge in [-0.2, -0.15) is 0 Å². The number of benzene rings is 1. The molecule has 0 unspecified atom stereocenters. The number of ether oxygens (including phenoxy) is 1. The third kappa shape index (κ3) is 2.88. The van der Waals surface area contributed by atoms with Crippen LogP contribution >= 0.6 is 0 Å². The smallest absolute Gasteiger partial charge is 0.224 e. The fourth-order valence-electron chi connectivity index (χ4n) is 1.85. The Labute approximate surface area is 106 Å². The second kappa shape index (κ2) is 5.67. The highest BCUT2D eigenvalue weighted by atomic mass is 19.1. The SMILES string of the molecule is CC/C(=C/F)COc1ccc2c(c1)CNC(=O)C2. The number of fused-ring (bicyclic) bond motifs is 1. The van der Waals surface area contributed by atoms with E-state index in [9.17, 15) is 9.18 Å². The van der Waals surface area contributed by atoms with Crippen molar-refractivity contribution < 1.29 is 13.9 Å². The number of hydrogen-bond acceptors (Lipinski definition) is 2. The van der Waals surface area contributed by atoms with E-state index in [-0.39, 0.29) is 12.5 Å². The van der Waals surface area contributed by atoms with E-state index in [1.807, 2.05) is 25.1 Å². The molecule has 0 fully saturated rings. The summed E-state index contributed by atoms with van der Waals surface area (Å²) in [4.78, 5) is 11.2. The molecule has 4 heteroatoms. The maximum Gasteiger partial charge on any atom is 0.224 e. The van der Waals surface area contributed by atoms with Gasteiger partial charge in [0.05, 0.1) is 12.8 Å². The number of amides is 1. The second-order valence-electron chi connectivity index (χ2n) is 4.29. The van der Waals surface area contributed by atoms with Gasteiger partial charge in [0.25, 0.3) is 0 Å². The van der Waals surface area contributed by atoms with Crippen molar-refractivity contribution in [2.24, 2.45) is 0 Å². The largest absolute Gasteiger partial charge is 0.489 e. The van der Waals surface area contributed by atoms with Gasteiger partial charge in [-0.05, 0) is 35.3 Å². The van der Waals surface area contributed by atoms with Crippen LogP contribution in [0.2, 0.25) is 0 Å². The minimum atomic E-state index is 0.0461. The first kappa shape index (κ1) is 12.6. The molecular formula is C14H16FNO2. The molecule has 0 spiro atoms. The second-order valence-corrected chi connectivity index (χ2v) is 4.29. The van der Waals surface area contributed by atoms with Crippen molar-refractivity contribution >= 4 is 5.91 Å². The van der Waals surface area contributed by atoms with Crippen LogP contribution in [0.1, 0.15) is 24.5 Å². The summed E-state index contributed by atoms with van der Waals surface area (Å²) < 4.78 is 17.9. The van der Waals surface area contributed by atoms with Crippen LogP contribution < -0.4 is 10.1 Å². The molecule has 0 aromatic heterocycles. The Morgan fingerprint density at radius 3 is 3.06 bits per heavy atom. The summed E-state index contributed by atoms with van der Waals surface area (Å²) in [5.41, 5.74) is 2.72. The topological polar surface area (TPSA) is 38.3 Å². The average molecular weight is 249 g/mol. The van der Waals surface area contributed by atoms with E-state index >= 15 is 0 Å². The molecule has 0 bridgehead atoms. The zero-order valence-corrected chi connectivity index (χ0v) is 10.3. The van der Waals surface area contributed by atoms with Crippen molar-refractivity contribution in [1.29, 1.82) is 0 Å². The standard InChI is InChI=1S/C14H16FNO2/c1-2-10(7-15)9-18-13-4-3-11-6-14(17)16-8-12(11)5-13/h3-5,7H,2,6,8-9H2,1H3,(H,16,17)/b10-7-. The van der Waals surface area contributed by atoms with E-state index in [1.54, 1.807) is 0 Å². The summed E-state index contributed by atoms with van der Waals surface area (Å²) in [6, 6.07) is 5.62. The van der Waals surface area contributed by atoms with Crippen molar-refractivity contribution in [2.75, 3.05) is 6.61 Å². The van der Waals surface area contributed by atoms with Gasteiger partial charge in [-0.1, -0.05) is 13.0 Å². The van der Waals surface area contributed by atoms with Crippen LogP contribution in [-0.2, 0) is 17.8 Å². The van der Waals surface area contributed by atoms with Crippen LogP contribution in [0.5, 0.6) is 5.75 Å². The maximum absolute atomic E-state index is 12.4. The lowest BCUT2D eigenvalue weighted by molar-refractivity contribution is -0.121. The molecule has 1 aromatic rings. The first-order valence-electron chi connectivity index (χ1n) is 6.02. The van der Waals surface area contributed by atoms with Crippen LogP contribution in [0.15, 0.2) is 30.1 Å². The molecule has 0 saturated heterocycles. The van der Waals surface area contributed by atoms with Crippen molar-refractivity contribution in [3.8, 4) is 5.75 Å². The maximum atomic E-state index is 12.4. The van der Waals surface area contributed by atoms with E-state index < -0.39 is 0 Å². The molecule has 2 rings (SSSR count). The van der Waals surface area contributed by atoms with Gasteiger partial charge in [0.15, 0.2) is 0 Å². The molecule has 0 atom stereocenters. The lowest BCUT2D eigenvalue weighted by Gasteiger charge is -2.17. The molecule has 0 saturated carbocycles. The molecule has 0 aliphatic carbocycles. The predicted molar refractivity (Wildman–Crippen MR) is 67.0 cm³/mol. The number of rotatable bonds is 4. The molecule has 0 radical (unpaired) electrons. The number of halogens is 1. The Balaban J connectivity index is 2.05. The van der Waals surface area contributed by atoms with Crippen molar-refractivity contribution in [3.05, 3.63) is 41.2 Å². The molecule has 18 heavy (non-hydrogen) atoms. The minimum absolute atomic E-state index is 0.0461. The summed E-state index contributed by atoms with van der Waals surface area (Å²) in [6.45, 7) is 2.68. The summed E-state index contributed by atoms with van der Waals surface area (Å²) >= 11 is 0. The van der Waals surface area contributed by atoms with Crippen molar-refractivity contribution in [2.45, 2.75) is 26.3 Å². The Morgan fingerprint density at radius 2 is 2.33 bits per heavy atom. The van der Waals surface area contributed by atoms with Crippen molar-refractivity contribution in [3.63, 3.8) is 0 Å². The minimum Gasteiger partial charge on any atom is -0.489 e. The molecule has 1 amide bonds. The van der Waals surface area contributed by atoms with Crippen LogP contribution in [0.4, 0.5) is 4.39 Å². The first-order valence-corrected chi connectivity index (χ1v) is 6.02. The lowest BCUT2D eigenvalue weighted by Crippen LogP contribution is -2.30. The molecule has 96 valence electrons. The van der Waals surface area contributed by atoms with Gasteiger partial charge in [0.1, 0.15) is 12.4 Å². The van der Waals surface area contributed by atoms with E-state index in [4.69, 9.17) is 4.74 Å². The summed E-state index contributed by atoms with van der Waals surface area (Å²) in [7, 11) is 0. The van der Waals surface area contributed by atoms with E-state index in [0.717, 1.165) is 11.1 Å². The van der Waals surface area contributed by atoms with Gasteiger partial charge in [0, 0.05) is 6.54 Å². The molecule has 1 N–H and O–H groups in total. The van der Waals surface area contributed by atoms with Gasteiger partial charge in [0.2, 0.25) is 5.91 Å². The lowest BCUT2D eigenvalue weighted by atomic mass is 10.0. The van der Waals surface area contributed by atoms with E-state index in [0.29, 0.717) is 37.0 Å². The van der Waals surface area contributed by atoms with Crippen LogP contribution in [0, 0.1) is 0 Å². The first-order chi connectivity index (χ1) is 8.72. The highest BCUT2D eigenvalue weighted by Gasteiger charge is 2.15. The van der Waals surface area contributed by atoms with Crippen LogP contribution in [0.25, 0.3) is 0 Å². The van der Waals surface area contributed by atoms with Gasteiger partial charge in [-0.3, -0.25) is 4.79 Å². The fraction of sp³-hybridized carbons (Fsp3) is 0.357. The monoisotopic (exact) mass is 249 g/mol. The predicted octanol–water partition coefficient (Wildman–Crippen LogP) is 2.50. The highest BCUT2D eigenvalue weighted by Crippen LogP contribution is 2.21. The van der Waals surface area contributed by atoms with Gasteiger partial charge < -0.3 is 10.1 Å². The summed E-state index contributed by atoms with van der Waals surface area (Å²) in [6.07, 6.45) is 1.65. The van der Waals surface area contributed by atoms with E-state index in [2.05, 4.69) is 5.32 Å². The number of carbonyl (C=O) groups excluding carboxylic acids is 1. The van der Waals surface area contributed by atoms with Crippen LogP contribution in [-0.4, -0.2) is 12.5 Å². The number of hydrogen-bond donors (Lipinski definition) is 1. The Bertz CT molecular complexity index is 483. The highest BCUT2D eigenvalue weighted by molar-refractivity contribution is 5.80. The molecule has 1 aliphatic heterocycles. The Morgan fingerprint density at radius 1 is 1.50 bits per heavy atom. The summed E-state index contributed by atoms with van der Waals surface area (Å²) in [5, 5.41) is 2.79. The molecule has 1 aromatic carbocycles. The molecule has 3 nitrogen and oxygen atoms in total. The fourth-order valence-corrected chi connectivity index (χ4v) is 1.85. The molecule has 1 heterocycles. The number of carbonyl (C=O) groups is 1. The molecule has 1 aliphatic rings. The van der Waals surface area contributed by atoms with Crippen molar-refractivity contribution in [1.82, 2.24) is 5.32 Å². The van der Waals surface area contributed by atoms with E-state index in [1.165, 1.54) is 0 Å². The quantitative estimate of drug-likeness (QED) is 0.890. The third-order valence-electron chi connectivity index (χ3n) is 3.04. The Hall–Kier alpha value is -1.84. The number of nitrogens with one attached hydrogen (secondary N) is 1.